The zero-order valence-electron chi connectivity index (χ0n) is 13.9. The molecule has 1 fully saturated rings. The van der Waals surface area contributed by atoms with Crippen LogP contribution in [0.5, 0.6) is 0 Å². The van der Waals surface area contributed by atoms with Gasteiger partial charge in [0.1, 0.15) is 5.82 Å². The Morgan fingerprint density at radius 1 is 1.12 bits per heavy atom. The van der Waals surface area contributed by atoms with Crippen LogP contribution < -0.4 is 16.0 Å². The molecule has 0 spiro atoms. The Hall–Kier alpha value is -2.05. The molecule has 26 heavy (non-hydrogen) atoms. The number of benzene rings is 1. The van der Waals surface area contributed by atoms with E-state index in [2.05, 4.69) is 20.9 Å². The quantitative estimate of drug-likeness (QED) is 0.675. The number of amides is 2. The van der Waals surface area contributed by atoms with Crippen molar-refractivity contribution in [2.75, 3.05) is 10.6 Å². The number of rotatable bonds is 4. The van der Waals surface area contributed by atoms with Gasteiger partial charge in [-0.25, -0.2) is 9.18 Å². The van der Waals surface area contributed by atoms with Crippen LogP contribution in [0.1, 0.15) is 25.7 Å². The molecule has 1 saturated carbocycles. The van der Waals surface area contributed by atoms with E-state index in [4.69, 9.17) is 23.2 Å². The van der Waals surface area contributed by atoms with Crippen molar-refractivity contribution >= 4 is 40.6 Å². The van der Waals surface area contributed by atoms with Gasteiger partial charge in [-0.1, -0.05) is 42.1 Å². The van der Waals surface area contributed by atoms with Crippen molar-refractivity contribution in [1.29, 1.82) is 0 Å². The van der Waals surface area contributed by atoms with Crippen molar-refractivity contribution in [3.8, 4) is 0 Å². The molecular formula is C18H19Cl2FN4O. The largest absolute Gasteiger partial charge is 0.378 e. The summed E-state index contributed by atoms with van der Waals surface area (Å²) in [4.78, 5) is 16.2. The molecule has 2 unspecified atom stereocenters. The number of hydrogen-bond acceptors (Lipinski definition) is 3. The summed E-state index contributed by atoms with van der Waals surface area (Å²) in [5.41, 5.74) is 1.02. The Kier molecular flexibility index (Phi) is 6.16. The first-order valence-electron chi connectivity index (χ1n) is 8.41. The number of aromatic nitrogens is 1. The summed E-state index contributed by atoms with van der Waals surface area (Å²) in [7, 11) is 0. The van der Waals surface area contributed by atoms with E-state index in [0.29, 0.717) is 21.4 Å². The van der Waals surface area contributed by atoms with Crippen LogP contribution in [0.25, 0.3) is 0 Å². The number of pyridine rings is 1. The van der Waals surface area contributed by atoms with Crippen LogP contribution in [0.2, 0.25) is 10.0 Å². The smallest absolute Gasteiger partial charge is 0.319 e. The van der Waals surface area contributed by atoms with E-state index in [9.17, 15) is 9.18 Å². The first-order valence-corrected chi connectivity index (χ1v) is 9.17. The summed E-state index contributed by atoms with van der Waals surface area (Å²) in [5, 5.41) is 9.83. The molecule has 3 N–H and O–H groups in total. The van der Waals surface area contributed by atoms with E-state index in [1.54, 1.807) is 12.1 Å². The minimum Gasteiger partial charge on any atom is -0.378 e. The molecule has 0 radical (unpaired) electrons. The number of anilines is 2. The molecule has 0 aliphatic heterocycles. The number of nitrogens with one attached hydrogen (secondary N) is 3. The maximum atomic E-state index is 13.2. The molecule has 5 nitrogen and oxygen atoms in total. The molecule has 1 aromatic heterocycles. The Balaban J connectivity index is 1.66. The highest BCUT2D eigenvalue weighted by atomic mass is 35.5. The van der Waals surface area contributed by atoms with Gasteiger partial charge < -0.3 is 16.0 Å². The molecule has 2 aromatic rings. The van der Waals surface area contributed by atoms with E-state index >= 15 is 0 Å². The van der Waals surface area contributed by atoms with Gasteiger partial charge in [0.25, 0.3) is 0 Å². The molecule has 2 atom stereocenters. The highest BCUT2D eigenvalue weighted by Crippen LogP contribution is 2.32. The van der Waals surface area contributed by atoms with Crippen LogP contribution in [0.15, 0.2) is 36.7 Å². The molecule has 8 heteroatoms. The van der Waals surface area contributed by atoms with Crippen molar-refractivity contribution < 1.29 is 9.18 Å². The van der Waals surface area contributed by atoms with Gasteiger partial charge in [0.15, 0.2) is 0 Å². The minimum atomic E-state index is -0.401. The Labute approximate surface area is 161 Å². The lowest BCUT2D eigenvalue weighted by Gasteiger charge is -2.33. The predicted octanol–water partition coefficient (Wildman–Crippen LogP) is 5.07. The van der Waals surface area contributed by atoms with Gasteiger partial charge in [-0.05, 0) is 31.0 Å². The van der Waals surface area contributed by atoms with Crippen LogP contribution in [-0.4, -0.2) is 23.1 Å². The van der Waals surface area contributed by atoms with Crippen molar-refractivity contribution in [1.82, 2.24) is 10.3 Å². The third-order valence-electron chi connectivity index (χ3n) is 4.35. The van der Waals surface area contributed by atoms with Crippen LogP contribution in [-0.2, 0) is 0 Å². The Morgan fingerprint density at radius 2 is 1.81 bits per heavy atom. The summed E-state index contributed by atoms with van der Waals surface area (Å²) in [6.07, 6.45) is 6.81. The maximum Gasteiger partial charge on any atom is 0.319 e. The van der Waals surface area contributed by atoms with Gasteiger partial charge in [-0.2, -0.15) is 0 Å². The number of carbonyl (C=O) groups is 1. The van der Waals surface area contributed by atoms with Crippen molar-refractivity contribution in [2.45, 2.75) is 37.8 Å². The summed E-state index contributed by atoms with van der Waals surface area (Å²) < 4.78 is 13.2. The molecule has 1 aliphatic rings. The SMILES string of the molecule is O=C(Nc1cccc(F)c1)NC1CCCCC1Nc1c(Cl)cncc1Cl. The summed E-state index contributed by atoms with van der Waals surface area (Å²) >= 11 is 12.4. The molecule has 0 bridgehead atoms. The van der Waals surface area contributed by atoms with E-state index in [-0.39, 0.29) is 18.1 Å². The third kappa shape index (κ3) is 4.77. The van der Waals surface area contributed by atoms with Gasteiger partial charge in [0.2, 0.25) is 0 Å². The molecule has 3 rings (SSSR count). The molecular weight excluding hydrogens is 378 g/mol. The topological polar surface area (TPSA) is 66.1 Å². The summed E-state index contributed by atoms with van der Waals surface area (Å²) in [5.74, 6) is -0.401. The Morgan fingerprint density at radius 3 is 2.50 bits per heavy atom. The lowest BCUT2D eigenvalue weighted by atomic mass is 9.90. The lowest BCUT2D eigenvalue weighted by Crippen LogP contribution is -2.49. The standard InChI is InChI=1S/C18H19Cl2FN4O/c19-13-9-22-10-14(20)17(13)24-15-6-1-2-7-16(15)25-18(26)23-12-5-3-4-11(21)8-12/h3-5,8-10,15-16H,1-2,6-7H2,(H,22,24)(H2,23,25,26). The fourth-order valence-electron chi connectivity index (χ4n) is 3.11. The zero-order chi connectivity index (χ0) is 18.5. The van der Waals surface area contributed by atoms with Crippen LogP contribution in [0.4, 0.5) is 20.6 Å². The van der Waals surface area contributed by atoms with Gasteiger partial charge in [-0.15, -0.1) is 0 Å². The molecule has 1 heterocycles. The van der Waals surface area contributed by atoms with E-state index in [1.165, 1.54) is 24.5 Å². The maximum absolute atomic E-state index is 13.2. The number of urea groups is 1. The summed E-state index contributed by atoms with van der Waals surface area (Å²) in [6, 6.07) is 5.29. The molecule has 0 saturated heterocycles. The Bertz CT molecular complexity index is 769. The second kappa shape index (κ2) is 8.56. The van der Waals surface area contributed by atoms with Gasteiger partial charge in [0, 0.05) is 24.1 Å². The third-order valence-corrected chi connectivity index (χ3v) is 4.92. The molecule has 138 valence electrons. The second-order valence-corrected chi connectivity index (χ2v) is 7.04. The molecule has 1 aromatic carbocycles. The average Bonchev–Trinajstić information content (AvgIpc) is 2.59. The normalized spacial score (nSPS) is 19.7. The highest BCUT2D eigenvalue weighted by molar-refractivity contribution is 6.38. The van der Waals surface area contributed by atoms with E-state index in [0.717, 1.165) is 25.7 Å². The van der Waals surface area contributed by atoms with Crippen LogP contribution in [0.3, 0.4) is 0 Å². The average molecular weight is 397 g/mol. The number of nitrogens with zero attached hydrogens (tertiary/aromatic N) is 1. The second-order valence-electron chi connectivity index (χ2n) is 6.23. The van der Waals surface area contributed by atoms with Crippen molar-refractivity contribution in [3.63, 3.8) is 0 Å². The van der Waals surface area contributed by atoms with Crippen LogP contribution >= 0.6 is 23.2 Å². The first-order chi connectivity index (χ1) is 12.5. The van der Waals surface area contributed by atoms with Crippen LogP contribution in [0, 0.1) is 5.82 Å². The van der Waals surface area contributed by atoms with Gasteiger partial charge in [0.05, 0.1) is 21.8 Å². The fraction of sp³-hybridized carbons (Fsp3) is 0.333. The summed E-state index contributed by atoms with van der Waals surface area (Å²) in [6.45, 7) is 0. The highest BCUT2D eigenvalue weighted by Gasteiger charge is 2.27. The molecule has 2 amide bonds. The van der Waals surface area contributed by atoms with Crippen molar-refractivity contribution in [3.05, 3.63) is 52.5 Å². The minimum absolute atomic E-state index is 0.0144. The van der Waals surface area contributed by atoms with Gasteiger partial charge in [-0.3, -0.25) is 4.98 Å². The van der Waals surface area contributed by atoms with E-state index < -0.39 is 5.82 Å². The van der Waals surface area contributed by atoms with Crippen molar-refractivity contribution in [2.24, 2.45) is 0 Å². The number of halogens is 3. The van der Waals surface area contributed by atoms with Gasteiger partial charge >= 0.3 is 6.03 Å². The monoisotopic (exact) mass is 396 g/mol. The number of carbonyl (C=O) groups excluding carboxylic acids is 1. The molecule has 1 aliphatic carbocycles. The fourth-order valence-corrected chi connectivity index (χ4v) is 3.59. The first kappa shape index (κ1) is 18.7. The number of hydrogen-bond donors (Lipinski definition) is 3. The zero-order valence-corrected chi connectivity index (χ0v) is 15.4. The van der Waals surface area contributed by atoms with E-state index in [1.807, 2.05) is 0 Å². The lowest BCUT2D eigenvalue weighted by molar-refractivity contribution is 0.242. The predicted molar refractivity (Wildman–Crippen MR) is 102 cm³/mol.